The first kappa shape index (κ1) is 13.7. The highest BCUT2D eigenvalue weighted by Gasteiger charge is 2.09. The molecule has 0 fully saturated rings. The molecule has 0 aliphatic rings. The molecule has 0 saturated heterocycles. The maximum atomic E-state index is 4.50. The van der Waals surface area contributed by atoms with E-state index in [1.54, 1.807) is 0 Å². The van der Waals surface area contributed by atoms with Gasteiger partial charge in [-0.05, 0) is 18.2 Å². The average Bonchev–Trinajstić information content (AvgIpc) is 2.89. The molecule has 5 heteroatoms. The second-order valence-electron chi connectivity index (χ2n) is 4.37. The molecule has 0 spiro atoms. The molecule has 0 aromatic carbocycles. The molecule has 0 bridgehead atoms. The van der Waals surface area contributed by atoms with Crippen molar-refractivity contribution in [2.24, 2.45) is 0 Å². The Labute approximate surface area is 114 Å². The summed E-state index contributed by atoms with van der Waals surface area (Å²) in [6, 6.07) is 4.08. The summed E-state index contributed by atoms with van der Waals surface area (Å²) in [5.41, 5.74) is 1.18. The fourth-order valence-electron chi connectivity index (χ4n) is 1.87. The van der Waals surface area contributed by atoms with Gasteiger partial charge in [-0.3, -0.25) is 0 Å². The van der Waals surface area contributed by atoms with Crippen molar-refractivity contribution in [1.82, 2.24) is 25.1 Å². The molecule has 0 aliphatic heterocycles. The van der Waals surface area contributed by atoms with Gasteiger partial charge in [0.25, 0.3) is 0 Å². The molecular formula is C14H21N5. The summed E-state index contributed by atoms with van der Waals surface area (Å²) in [7, 11) is 0. The van der Waals surface area contributed by atoms with Crippen molar-refractivity contribution in [3.8, 4) is 5.82 Å². The van der Waals surface area contributed by atoms with Crippen LogP contribution in [0, 0.1) is 0 Å². The van der Waals surface area contributed by atoms with Gasteiger partial charge in [0, 0.05) is 25.6 Å². The van der Waals surface area contributed by atoms with Crippen molar-refractivity contribution in [1.29, 1.82) is 0 Å². The minimum absolute atomic E-state index is 0.837. The molecular weight excluding hydrogens is 238 g/mol. The number of hydrogen-bond acceptors (Lipinski definition) is 4. The van der Waals surface area contributed by atoms with Gasteiger partial charge in [-0.15, -0.1) is 5.10 Å². The molecule has 5 nitrogen and oxygen atoms in total. The minimum atomic E-state index is 0.837. The minimum Gasteiger partial charge on any atom is -0.313 e. The summed E-state index contributed by atoms with van der Waals surface area (Å²) < 4.78 is 1.84. The lowest BCUT2D eigenvalue weighted by Crippen LogP contribution is -2.12. The summed E-state index contributed by atoms with van der Waals surface area (Å²) in [5.74, 6) is 2.67. The van der Waals surface area contributed by atoms with E-state index in [4.69, 9.17) is 0 Å². The second kappa shape index (κ2) is 6.43. The van der Waals surface area contributed by atoms with Crippen molar-refractivity contribution in [3.05, 3.63) is 35.5 Å². The van der Waals surface area contributed by atoms with Crippen LogP contribution in [0.1, 0.15) is 38.0 Å². The van der Waals surface area contributed by atoms with Gasteiger partial charge in [-0.2, -0.15) is 4.68 Å². The normalized spacial score (nSPS) is 10.9. The predicted molar refractivity (Wildman–Crippen MR) is 75.3 cm³/mol. The van der Waals surface area contributed by atoms with E-state index < -0.39 is 0 Å². The highest BCUT2D eigenvalue weighted by Crippen LogP contribution is 2.09. The summed E-state index contributed by atoms with van der Waals surface area (Å²) in [6.07, 6.45) is 3.59. The van der Waals surface area contributed by atoms with E-state index in [1.807, 2.05) is 16.9 Å². The molecule has 1 N–H and O–H groups in total. The van der Waals surface area contributed by atoms with E-state index in [1.165, 1.54) is 5.56 Å². The van der Waals surface area contributed by atoms with Crippen molar-refractivity contribution in [2.75, 3.05) is 6.54 Å². The van der Waals surface area contributed by atoms with Crippen LogP contribution in [0.25, 0.3) is 5.82 Å². The molecule has 102 valence electrons. The summed E-state index contributed by atoms with van der Waals surface area (Å²) in [6.45, 7) is 8.05. The molecule has 0 amide bonds. The molecule has 0 saturated carbocycles. The topological polar surface area (TPSA) is 55.6 Å². The number of rotatable bonds is 6. The zero-order valence-corrected chi connectivity index (χ0v) is 11.8. The number of hydrogen-bond donors (Lipinski definition) is 1. The van der Waals surface area contributed by atoms with E-state index in [-0.39, 0.29) is 0 Å². The zero-order chi connectivity index (χ0) is 13.7. The van der Waals surface area contributed by atoms with Crippen molar-refractivity contribution in [2.45, 2.75) is 40.2 Å². The van der Waals surface area contributed by atoms with Gasteiger partial charge >= 0.3 is 0 Å². The Morgan fingerprint density at radius 1 is 1.16 bits per heavy atom. The number of aromatic nitrogens is 4. The Hall–Kier alpha value is -1.75. The van der Waals surface area contributed by atoms with Gasteiger partial charge in [0.2, 0.25) is 0 Å². The maximum absolute atomic E-state index is 4.50. The van der Waals surface area contributed by atoms with Crippen LogP contribution in [-0.4, -0.2) is 26.3 Å². The van der Waals surface area contributed by atoms with Crippen LogP contribution < -0.4 is 5.32 Å². The Bertz CT molecular complexity index is 515. The van der Waals surface area contributed by atoms with Crippen LogP contribution in [0.4, 0.5) is 0 Å². The second-order valence-corrected chi connectivity index (χ2v) is 4.37. The quantitative estimate of drug-likeness (QED) is 0.861. The van der Waals surface area contributed by atoms with Crippen LogP contribution >= 0.6 is 0 Å². The van der Waals surface area contributed by atoms with Gasteiger partial charge in [0.15, 0.2) is 11.6 Å². The highest BCUT2D eigenvalue weighted by molar-refractivity contribution is 5.25. The van der Waals surface area contributed by atoms with Gasteiger partial charge in [0.1, 0.15) is 5.82 Å². The third kappa shape index (κ3) is 3.17. The molecule has 0 atom stereocenters. The Morgan fingerprint density at radius 3 is 2.58 bits per heavy atom. The number of nitrogens with zero attached hydrogens (tertiary/aromatic N) is 4. The lowest BCUT2D eigenvalue weighted by Gasteiger charge is -2.05. The number of pyridine rings is 1. The van der Waals surface area contributed by atoms with Crippen LogP contribution in [-0.2, 0) is 19.4 Å². The van der Waals surface area contributed by atoms with Crippen molar-refractivity contribution < 1.29 is 0 Å². The SMILES string of the molecule is CCNCc1ccc(-n2nc(CC)nc2CC)nc1. The van der Waals surface area contributed by atoms with Crippen LogP contribution in [0.3, 0.4) is 0 Å². The van der Waals surface area contributed by atoms with E-state index >= 15 is 0 Å². The zero-order valence-electron chi connectivity index (χ0n) is 11.8. The van der Waals surface area contributed by atoms with E-state index in [2.05, 4.69) is 47.2 Å². The summed E-state index contributed by atoms with van der Waals surface area (Å²) >= 11 is 0. The molecule has 2 aromatic heterocycles. The van der Waals surface area contributed by atoms with E-state index in [0.29, 0.717) is 0 Å². The van der Waals surface area contributed by atoms with E-state index in [0.717, 1.165) is 43.4 Å². The van der Waals surface area contributed by atoms with Crippen LogP contribution in [0.2, 0.25) is 0 Å². The average molecular weight is 259 g/mol. The fraction of sp³-hybridized carbons (Fsp3) is 0.500. The summed E-state index contributed by atoms with van der Waals surface area (Å²) in [5, 5.41) is 7.77. The molecule has 2 aromatic rings. The van der Waals surface area contributed by atoms with Gasteiger partial charge in [-0.25, -0.2) is 9.97 Å². The standard InChI is InChI=1S/C14H21N5/c1-4-12-17-13(5-2)19(18-12)14-8-7-11(10-16-14)9-15-6-3/h7-8,10,15H,4-6,9H2,1-3H3. The fourth-order valence-corrected chi connectivity index (χ4v) is 1.87. The Morgan fingerprint density at radius 2 is 2.00 bits per heavy atom. The maximum Gasteiger partial charge on any atom is 0.155 e. The Balaban J connectivity index is 2.23. The van der Waals surface area contributed by atoms with E-state index in [9.17, 15) is 0 Å². The van der Waals surface area contributed by atoms with Gasteiger partial charge < -0.3 is 5.32 Å². The predicted octanol–water partition coefficient (Wildman–Crippen LogP) is 1.90. The molecule has 2 rings (SSSR count). The molecule has 0 radical (unpaired) electrons. The number of nitrogens with one attached hydrogen (secondary N) is 1. The lowest BCUT2D eigenvalue weighted by molar-refractivity contribution is 0.720. The van der Waals surface area contributed by atoms with Crippen molar-refractivity contribution in [3.63, 3.8) is 0 Å². The first-order valence-corrected chi connectivity index (χ1v) is 6.89. The first-order chi connectivity index (χ1) is 9.28. The van der Waals surface area contributed by atoms with Crippen molar-refractivity contribution >= 4 is 0 Å². The largest absolute Gasteiger partial charge is 0.313 e. The van der Waals surface area contributed by atoms with Crippen LogP contribution in [0.15, 0.2) is 18.3 Å². The molecule has 0 aliphatic carbocycles. The first-order valence-electron chi connectivity index (χ1n) is 6.89. The number of aryl methyl sites for hydroxylation is 2. The molecule has 19 heavy (non-hydrogen) atoms. The lowest BCUT2D eigenvalue weighted by atomic mass is 10.3. The highest BCUT2D eigenvalue weighted by atomic mass is 15.4. The monoisotopic (exact) mass is 259 g/mol. The van der Waals surface area contributed by atoms with Crippen LogP contribution in [0.5, 0.6) is 0 Å². The van der Waals surface area contributed by atoms with Gasteiger partial charge in [-0.1, -0.05) is 26.8 Å². The molecule has 0 unspecified atom stereocenters. The summed E-state index contributed by atoms with van der Waals surface area (Å²) in [4.78, 5) is 8.97. The third-order valence-corrected chi connectivity index (χ3v) is 2.96. The smallest absolute Gasteiger partial charge is 0.155 e. The Kier molecular flexibility index (Phi) is 4.63. The van der Waals surface area contributed by atoms with Gasteiger partial charge in [0.05, 0.1) is 0 Å². The molecule has 2 heterocycles. The third-order valence-electron chi connectivity index (χ3n) is 2.96.